The Morgan fingerprint density at radius 1 is 1.22 bits per heavy atom. The van der Waals surface area contributed by atoms with Gasteiger partial charge < -0.3 is 4.57 Å². The Balaban J connectivity index is 1.75. The van der Waals surface area contributed by atoms with E-state index in [4.69, 9.17) is 0 Å². The summed E-state index contributed by atoms with van der Waals surface area (Å²) in [5, 5.41) is 8.98. The summed E-state index contributed by atoms with van der Waals surface area (Å²) in [5.74, 6) is 0. The van der Waals surface area contributed by atoms with Crippen molar-refractivity contribution < 1.29 is 8.42 Å². The fourth-order valence-electron chi connectivity index (χ4n) is 2.75. The summed E-state index contributed by atoms with van der Waals surface area (Å²) in [5.41, 5.74) is 0. The molecule has 0 bridgehead atoms. The summed E-state index contributed by atoms with van der Waals surface area (Å²) in [6.45, 7) is 0. The van der Waals surface area contributed by atoms with Crippen LogP contribution < -0.4 is 4.72 Å². The molecule has 0 amide bonds. The molecule has 1 N–H and O–H groups in total. The van der Waals surface area contributed by atoms with Crippen molar-refractivity contribution in [2.75, 3.05) is 0 Å². The smallest absolute Gasteiger partial charge is 0.240 e. The number of thioether (sulfide) groups is 1. The molecule has 0 radical (unpaired) electrons. The third-order valence-corrected chi connectivity index (χ3v) is 6.94. The highest BCUT2D eigenvalue weighted by atomic mass is 32.2. The average Bonchev–Trinajstić information content (AvgIpc) is 2.95. The number of benzene rings is 1. The molecule has 6 nitrogen and oxygen atoms in total. The fraction of sp³-hybridized carbons (Fsp3) is 0.467. The van der Waals surface area contributed by atoms with E-state index in [-0.39, 0.29) is 11.3 Å². The van der Waals surface area contributed by atoms with Crippen molar-refractivity contribution in [3.05, 3.63) is 36.7 Å². The zero-order chi connectivity index (χ0) is 16.3. The van der Waals surface area contributed by atoms with Crippen LogP contribution in [0.15, 0.2) is 46.7 Å². The van der Waals surface area contributed by atoms with Crippen LogP contribution in [0, 0.1) is 0 Å². The summed E-state index contributed by atoms with van der Waals surface area (Å²) in [6, 6.07) is 8.44. The Bertz CT molecular complexity index is 746. The van der Waals surface area contributed by atoms with E-state index in [1.807, 2.05) is 17.7 Å². The van der Waals surface area contributed by atoms with Crippen LogP contribution >= 0.6 is 11.8 Å². The van der Waals surface area contributed by atoms with Crippen LogP contribution in [0.2, 0.25) is 0 Å². The van der Waals surface area contributed by atoms with Crippen LogP contribution in [-0.4, -0.2) is 34.5 Å². The third-order valence-electron chi connectivity index (χ3n) is 3.99. The lowest BCUT2D eigenvalue weighted by atomic mass is 9.96. The van der Waals surface area contributed by atoms with Crippen molar-refractivity contribution in [3.8, 4) is 0 Å². The summed E-state index contributed by atoms with van der Waals surface area (Å²) >= 11 is 1.60. The van der Waals surface area contributed by atoms with Crippen molar-refractivity contribution in [2.45, 2.75) is 47.0 Å². The van der Waals surface area contributed by atoms with Gasteiger partial charge in [0.15, 0.2) is 5.16 Å². The number of nitrogens with zero attached hydrogens (tertiary/aromatic N) is 3. The standard InChI is InChI=1S/C15H20N4O2S2/c1-19-11-16-17-15(19)22-14-10-6-5-9-13(14)18-23(20,21)12-7-3-2-4-8-12/h2-4,7-8,11,13-14,18H,5-6,9-10H2,1H3/t13-,14+/m1/s1. The van der Waals surface area contributed by atoms with Crippen molar-refractivity contribution in [1.82, 2.24) is 19.5 Å². The molecule has 1 aliphatic rings. The predicted octanol–water partition coefficient (Wildman–Crippen LogP) is 2.20. The molecule has 0 unspecified atom stereocenters. The fourth-order valence-corrected chi connectivity index (χ4v) is 5.40. The van der Waals surface area contributed by atoms with Crippen LogP contribution in [0.1, 0.15) is 25.7 Å². The maximum atomic E-state index is 12.6. The Kier molecular flexibility index (Phi) is 5.03. The molecule has 1 aliphatic carbocycles. The largest absolute Gasteiger partial charge is 0.312 e. The molecule has 1 heterocycles. The number of hydrogen-bond acceptors (Lipinski definition) is 5. The Labute approximate surface area is 140 Å². The van der Waals surface area contributed by atoms with Crippen molar-refractivity contribution in [2.24, 2.45) is 7.05 Å². The minimum absolute atomic E-state index is 0.0874. The molecule has 2 atom stereocenters. The molecule has 1 aromatic carbocycles. The minimum Gasteiger partial charge on any atom is -0.312 e. The number of hydrogen-bond donors (Lipinski definition) is 1. The van der Waals surface area contributed by atoms with Gasteiger partial charge in [-0.1, -0.05) is 42.8 Å². The highest BCUT2D eigenvalue weighted by molar-refractivity contribution is 7.99. The van der Waals surface area contributed by atoms with Gasteiger partial charge in [0.1, 0.15) is 6.33 Å². The second kappa shape index (κ2) is 7.02. The number of nitrogens with one attached hydrogen (secondary N) is 1. The van der Waals surface area contributed by atoms with E-state index in [0.717, 1.165) is 30.8 Å². The molecule has 3 rings (SSSR count). The number of rotatable bonds is 5. The van der Waals surface area contributed by atoms with Gasteiger partial charge in [0, 0.05) is 18.3 Å². The predicted molar refractivity (Wildman–Crippen MR) is 89.7 cm³/mol. The molecule has 1 fully saturated rings. The van der Waals surface area contributed by atoms with Gasteiger partial charge in [-0.05, 0) is 25.0 Å². The first kappa shape index (κ1) is 16.5. The summed E-state index contributed by atoms with van der Waals surface area (Å²) in [4.78, 5) is 0.313. The Morgan fingerprint density at radius 3 is 2.65 bits per heavy atom. The van der Waals surface area contributed by atoms with E-state index in [2.05, 4.69) is 14.9 Å². The van der Waals surface area contributed by atoms with Gasteiger partial charge in [0.05, 0.1) is 4.90 Å². The molecule has 0 aliphatic heterocycles. The summed E-state index contributed by atoms with van der Waals surface area (Å²) in [7, 11) is -1.59. The molecular weight excluding hydrogens is 332 g/mol. The van der Waals surface area contributed by atoms with E-state index >= 15 is 0 Å². The lowest BCUT2D eigenvalue weighted by Crippen LogP contribution is -2.43. The van der Waals surface area contributed by atoms with E-state index in [1.165, 1.54) is 0 Å². The zero-order valence-corrected chi connectivity index (χ0v) is 14.6. The first-order valence-corrected chi connectivity index (χ1v) is 10.0. The van der Waals surface area contributed by atoms with Gasteiger partial charge >= 0.3 is 0 Å². The molecule has 1 saturated carbocycles. The molecule has 1 aromatic heterocycles. The number of sulfonamides is 1. The molecule has 8 heteroatoms. The summed E-state index contributed by atoms with van der Waals surface area (Å²) < 4.78 is 29.9. The quantitative estimate of drug-likeness (QED) is 0.893. The monoisotopic (exact) mass is 352 g/mol. The lowest BCUT2D eigenvalue weighted by molar-refractivity contribution is 0.422. The number of aryl methyl sites for hydroxylation is 1. The SMILES string of the molecule is Cn1cnnc1S[C@H]1CCCC[C@H]1NS(=O)(=O)c1ccccc1. The van der Waals surface area contributed by atoms with Crippen LogP contribution in [0.4, 0.5) is 0 Å². The first-order valence-electron chi connectivity index (χ1n) is 7.64. The molecule has 2 aromatic rings. The van der Waals surface area contributed by atoms with Gasteiger partial charge in [-0.15, -0.1) is 10.2 Å². The molecule has 0 saturated heterocycles. The van der Waals surface area contributed by atoms with Crippen molar-refractivity contribution >= 4 is 21.8 Å². The van der Waals surface area contributed by atoms with Gasteiger partial charge in [0.25, 0.3) is 0 Å². The maximum Gasteiger partial charge on any atom is 0.240 e. The highest BCUT2D eigenvalue weighted by Gasteiger charge is 2.31. The van der Waals surface area contributed by atoms with Gasteiger partial charge in [-0.25, -0.2) is 13.1 Å². The van der Waals surface area contributed by atoms with Crippen LogP contribution in [0.25, 0.3) is 0 Å². The number of aromatic nitrogens is 3. The van der Waals surface area contributed by atoms with E-state index in [0.29, 0.717) is 4.90 Å². The molecular formula is C15H20N4O2S2. The molecule has 124 valence electrons. The minimum atomic E-state index is -3.49. The second-order valence-corrected chi connectivity index (χ2v) is 8.63. The maximum absolute atomic E-state index is 12.6. The molecule has 23 heavy (non-hydrogen) atoms. The summed E-state index contributed by atoms with van der Waals surface area (Å²) in [6.07, 6.45) is 5.63. The first-order chi connectivity index (χ1) is 11.1. The normalized spacial score (nSPS) is 22.1. The topological polar surface area (TPSA) is 76.9 Å². The molecule has 0 spiro atoms. The lowest BCUT2D eigenvalue weighted by Gasteiger charge is -2.31. The van der Waals surface area contributed by atoms with E-state index in [1.54, 1.807) is 42.4 Å². The van der Waals surface area contributed by atoms with Crippen LogP contribution in [0.5, 0.6) is 0 Å². The van der Waals surface area contributed by atoms with Gasteiger partial charge in [-0.2, -0.15) is 0 Å². The van der Waals surface area contributed by atoms with E-state index < -0.39 is 10.0 Å². The zero-order valence-electron chi connectivity index (χ0n) is 12.9. The Hall–Kier alpha value is -1.38. The third kappa shape index (κ3) is 3.94. The van der Waals surface area contributed by atoms with Gasteiger partial charge in [-0.3, -0.25) is 0 Å². The van der Waals surface area contributed by atoms with Crippen LogP contribution in [-0.2, 0) is 17.1 Å². The second-order valence-electron chi connectivity index (χ2n) is 5.71. The van der Waals surface area contributed by atoms with Crippen LogP contribution in [0.3, 0.4) is 0 Å². The van der Waals surface area contributed by atoms with Crippen molar-refractivity contribution in [3.63, 3.8) is 0 Å². The highest BCUT2D eigenvalue weighted by Crippen LogP contribution is 2.33. The van der Waals surface area contributed by atoms with E-state index in [9.17, 15) is 8.42 Å². The Morgan fingerprint density at radius 2 is 1.96 bits per heavy atom. The average molecular weight is 352 g/mol. The van der Waals surface area contributed by atoms with Gasteiger partial charge in [0.2, 0.25) is 10.0 Å². The van der Waals surface area contributed by atoms with Crippen molar-refractivity contribution in [1.29, 1.82) is 0 Å².